The number of ether oxygens (including phenoxy) is 1. The molecule has 0 aliphatic carbocycles. The van der Waals surface area contributed by atoms with Crippen LogP contribution in [0.25, 0.3) is 0 Å². The van der Waals surface area contributed by atoms with Gasteiger partial charge in [-0.2, -0.15) is 0 Å². The van der Waals surface area contributed by atoms with Crippen LogP contribution in [0.1, 0.15) is 0 Å². The van der Waals surface area contributed by atoms with Gasteiger partial charge in [-0.25, -0.2) is 0 Å². The summed E-state index contributed by atoms with van der Waals surface area (Å²) in [5.41, 5.74) is -3.23. The van der Waals surface area contributed by atoms with Crippen molar-refractivity contribution in [1.82, 2.24) is 9.80 Å². The third kappa shape index (κ3) is 7.30. The first-order chi connectivity index (χ1) is 10.3. The van der Waals surface area contributed by atoms with Crippen molar-refractivity contribution in [3.8, 4) is 5.75 Å². The summed E-state index contributed by atoms with van der Waals surface area (Å²) in [5.74, 6) is -0.210. The zero-order valence-corrected chi connectivity index (χ0v) is 14.2. The lowest BCUT2D eigenvalue weighted by atomic mass is 10.3. The molecule has 1 aromatic rings. The zero-order valence-electron chi connectivity index (χ0n) is 12.6. The topological polar surface area (TPSA) is 44.8 Å². The number of piperazine rings is 1. The molecule has 130 valence electrons. The molecule has 1 aromatic carbocycles. The van der Waals surface area contributed by atoms with Gasteiger partial charge in [-0.3, -0.25) is 9.69 Å². The van der Waals surface area contributed by atoms with Crippen molar-refractivity contribution in [3.63, 3.8) is 0 Å². The number of halogens is 4. The van der Waals surface area contributed by atoms with Crippen LogP contribution < -0.4 is 10.1 Å². The van der Waals surface area contributed by atoms with Crippen molar-refractivity contribution in [2.75, 3.05) is 45.1 Å². The lowest BCUT2D eigenvalue weighted by molar-refractivity contribution is -0.117. The quantitative estimate of drug-likeness (QED) is 0.809. The van der Waals surface area contributed by atoms with E-state index >= 15 is 0 Å². The molecule has 1 aliphatic rings. The summed E-state index contributed by atoms with van der Waals surface area (Å²) in [4.78, 5) is 16.2. The summed E-state index contributed by atoms with van der Waals surface area (Å²) in [5, 5.41) is 2.72. The Morgan fingerprint density at radius 2 is 1.83 bits per heavy atom. The van der Waals surface area contributed by atoms with Gasteiger partial charge in [0, 0.05) is 43.5 Å². The van der Waals surface area contributed by atoms with E-state index in [4.69, 9.17) is 0 Å². The Balaban J connectivity index is 0.00000264. The summed E-state index contributed by atoms with van der Waals surface area (Å²) in [6.07, 6.45) is 0. The lowest BCUT2D eigenvalue weighted by Gasteiger charge is -2.31. The third-order valence-corrected chi connectivity index (χ3v) is 3.41. The fourth-order valence-electron chi connectivity index (χ4n) is 2.15. The fraction of sp³-hybridized carbons (Fsp3) is 0.500. The van der Waals surface area contributed by atoms with E-state index in [0.717, 1.165) is 26.2 Å². The van der Waals surface area contributed by atoms with Crippen LogP contribution in [0.4, 0.5) is 14.5 Å². The predicted octanol–water partition coefficient (Wildman–Crippen LogP) is 2.46. The van der Waals surface area contributed by atoms with Crippen LogP contribution in [-0.4, -0.2) is 61.0 Å². The fourth-order valence-corrected chi connectivity index (χ4v) is 2.24. The normalized spacial score (nSPS) is 16.5. The van der Waals surface area contributed by atoms with Crippen LogP contribution in [0.2, 0.25) is 0 Å². The summed E-state index contributed by atoms with van der Waals surface area (Å²) in [7, 11) is 2.05. The number of carbonyl (C=O) groups excluding carboxylic acids is 1. The molecule has 1 N–H and O–H groups in total. The van der Waals surface area contributed by atoms with Gasteiger partial charge in [0.15, 0.2) is 0 Å². The number of likely N-dealkylation sites (N-methyl/N-ethyl adjacent to an activating group) is 1. The third-order valence-electron chi connectivity index (χ3n) is 3.33. The van der Waals surface area contributed by atoms with Crippen LogP contribution in [0.15, 0.2) is 24.3 Å². The van der Waals surface area contributed by atoms with E-state index in [0.29, 0.717) is 12.2 Å². The monoisotopic (exact) mass is 369 g/mol. The molecule has 1 fully saturated rings. The van der Waals surface area contributed by atoms with Crippen LogP contribution >= 0.6 is 24.0 Å². The maximum atomic E-state index is 12.5. The van der Waals surface area contributed by atoms with E-state index in [1.807, 2.05) is 7.05 Å². The average molecular weight is 370 g/mol. The first kappa shape index (κ1) is 19.9. The van der Waals surface area contributed by atoms with E-state index < -0.39 is 5.57 Å². The highest BCUT2D eigenvalue weighted by Crippen LogP contribution is 2.25. The molecule has 5 nitrogen and oxygen atoms in total. The highest BCUT2D eigenvalue weighted by atomic mass is 35.5. The van der Waals surface area contributed by atoms with Gasteiger partial charge in [-0.15, -0.1) is 21.2 Å². The molecule has 0 unspecified atom stereocenters. The summed E-state index contributed by atoms with van der Waals surface area (Å²) >= 11 is 4.68. The van der Waals surface area contributed by atoms with Gasteiger partial charge < -0.3 is 15.0 Å². The number of alkyl halides is 3. The molecule has 9 heteroatoms. The van der Waals surface area contributed by atoms with Crippen molar-refractivity contribution in [2.45, 2.75) is 5.57 Å². The maximum Gasteiger partial charge on any atom is 0.487 e. The Morgan fingerprint density at radius 3 is 2.35 bits per heavy atom. The number of benzene rings is 1. The Labute approximate surface area is 144 Å². The molecule has 1 amide bonds. The molecule has 0 spiro atoms. The number of rotatable bonds is 5. The first-order valence-corrected chi connectivity index (χ1v) is 7.26. The van der Waals surface area contributed by atoms with E-state index in [1.54, 1.807) is 0 Å². The van der Waals surface area contributed by atoms with Gasteiger partial charge in [0.25, 0.3) is 0 Å². The molecule has 0 saturated carbocycles. The van der Waals surface area contributed by atoms with Gasteiger partial charge in [-0.05, 0) is 31.3 Å². The number of amides is 1. The second-order valence-electron chi connectivity index (χ2n) is 5.20. The zero-order chi connectivity index (χ0) is 16.2. The molecule has 0 radical (unpaired) electrons. The molecule has 0 bridgehead atoms. The van der Waals surface area contributed by atoms with Crippen LogP contribution in [0.5, 0.6) is 5.75 Å². The largest absolute Gasteiger partial charge is 0.487 e. The lowest BCUT2D eigenvalue weighted by Crippen LogP contribution is -2.47. The highest BCUT2D eigenvalue weighted by molar-refractivity contribution is 6.20. The van der Waals surface area contributed by atoms with Crippen molar-refractivity contribution < 1.29 is 18.3 Å². The Bertz CT molecular complexity index is 504. The van der Waals surface area contributed by atoms with Crippen molar-refractivity contribution >= 4 is 35.6 Å². The summed E-state index contributed by atoms with van der Waals surface area (Å²) < 4.78 is 29.1. The van der Waals surface area contributed by atoms with Crippen LogP contribution in [0, 0.1) is 0 Å². The number of anilines is 1. The van der Waals surface area contributed by atoms with Gasteiger partial charge in [0.1, 0.15) is 5.75 Å². The summed E-state index contributed by atoms with van der Waals surface area (Å²) in [6.45, 7) is 3.88. The highest BCUT2D eigenvalue weighted by Gasteiger charge is 2.27. The second kappa shape index (κ2) is 8.63. The Morgan fingerprint density at radius 1 is 1.26 bits per heavy atom. The molecule has 0 aromatic heterocycles. The number of hydrogen-bond acceptors (Lipinski definition) is 4. The van der Waals surface area contributed by atoms with Crippen LogP contribution in [-0.2, 0) is 4.79 Å². The van der Waals surface area contributed by atoms with E-state index in [2.05, 4.69) is 31.5 Å². The molecule has 0 atom stereocenters. The first-order valence-electron chi connectivity index (χ1n) is 6.88. The minimum atomic E-state index is -3.74. The maximum absolute atomic E-state index is 12.5. The molecular weight excluding hydrogens is 351 g/mol. The smallest absolute Gasteiger partial charge is 0.420 e. The van der Waals surface area contributed by atoms with Gasteiger partial charge in [-0.1, -0.05) is 0 Å². The predicted molar refractivity (Wildman–Crippen MR) is 87.7 cm³/mol. The van der Waals surface area contributed by atoms with Gasteiger partial charge in [0.05, 0.1) is 6.54 Å². The Kier molecular flexibility index (Phi) is 7.47. The van der Waals surface area contributed by atoms with E-state index in [1.165, 1.54) is 24.3 Å². The number of nitrogens with zero attached hydrogens (tertiary/aromatic N) is 2. The van der Waals surface area contributed by atoms with Gasteiger partial charge in [0.2, 0.25) is 5.91 Å². The number of hydrogen-bond donors (Lipinski definition) is 1. The molecule has 23 heavy (non-hydrogen) atoms. The standard InChI is InChI=1S/C14H18ClF2N3O2.ClH/c1-19-6-8-20(9-7-19)10-13(21)18-11-2-4-12(5-3-11)22-14(15,16)17;/h2-5H,6-10H2,1H3,(H,18,21);1H. The van der Waals surface area contributed by atoms with Crippen molar-refractivity contribution in [3.05, 3.63) is 24.3 Å². The van der Waals surface area contributed by atoms with Gasteiger partial charge >= 0.3 is 5.57 Å². The van der Waals surface area contributed by atoms with Crippen LogP contribution in [0.3, 0.4) is 0 Å². The molecular formula is C14H19Cl2F2N3O2. The summed E-state index contributed by atoms with van der Waals surface area (Å²) in [6, 6.07) is 5.61. The van der Waals surface area contributed by atoms with E-state index in [9.17, 15) is 13.6 Å². The molecule has 1 aliphatic heterocycles. The molecule has 2 rings (SSSR count). The average Bonchev–Trinajstić information content (AvgIpc) is 2.42. The minimum absolute atomic E-state index is 0. The number of nitrogens with one attached hydrogen (secondary N) is 1. The SMILES string of the molecule is CN1CCN(CC(=O)Nc2ccc(OC(F)(F)Cl)cc2)CC1.Cl. The number of carbonyl (C=O) groups is 1. The Hall–Kier alpha value is -1.15. The molecule has 1 heterocycles. The second-order valence-corrected chi connectivity index (χ2v) is 5.64. The minimum Gasteiger partial charge on any atom is -0.420 e. The van der Waals surface area contributed by atoms with Crippen molar-refractivity contribution in [1.29, 1.82) is 0 Å². The molecule has 1 saturated heterocycles. The van der Waals surface area contributed by atoms with Crippen molar-refractivity contribution in [2.24, 2.45) is 0 Å². The van der Waals surface area contributed by atoms with E-state index in [-0.39, 0.29) is 24.1 Å².